The Bertz CT molecular complexity index is 832. The summed E-state index contributed by atoms with van der Waals surface area (Å²) in [5.41, 5.74) is 2.30. The molecule has 6 nitrogen and oxygen atoms in total. The van der Waals surface area contributed by atoms with Crippen LogP contribution in [0.3, 0.4) is 0 Å². The number of hydrogen-bond donors (Lipinski definition) is 1. The van der Waals surface area contributed by atoms with E-state index in [1.54, 1.807) is 7.11 Å². The molecule has 6 heteroatoms. The molecule has 2 aromatic rings. The van der Waals surface area contributed by atoms with Crippen LogP contribution in [0.15, 0.2) is 30.5 Å². The van der Waals surface area contributed by atoms with E-state index in [0.29, 0.717) is 13.0 Å². The standard InChI is InChI=1S/C26H38N4O2/c1-31-24-8-6-22(19-25(24)32-18-4-17-30-15-2-3-16-30)20-26-28-14-11-23(29-26)7-5-21-9-12-27-13-10-21/h6,8,11,14,19,21,27H,2-5,7,9-10,12-13,15-18,20H2,1H3. The van der Waals surface area contributed by atoms with Gasteiger partial charge in [0.25, 0.3) is 0 Å². The van der Waals surface area contributed by atoms with Crippen LogP contribution in [0.1, 0.15) is 55.6 Å². The highest BCUT2D eigenvalue weighted by atomic mass is 16.5. The molecule has 0 unspecified atom stereocenters. The molecule has 4 rings (SSSR count). The summed E-state index contributed by atoms with van der Waals surface area (Å²) >= 11 is 0. The van der Waals surface area contributed by atoms with Gasteiger partial charge in [0.1, 0.15) is 5.82 Å². The normalized spacial score (nSPS) is 17.5. The summed E-state index contributed by atoms with van der Waals surface area (Å²) in [6, 6.07) is 8.22. The SMILES string of the molecule is COc1ccc(Cc2nccc(CCC3CCNCC3)n2)cc1OCCCN1CCCC1. The van der Waals surface area contributed by atoms with Gasteiger partial charge < -0.3 is 19.7 Å². The molecule has 1 N–H and O–H groups in total. The molecule has 2 fully saturated rings. The maximum Gasteiger partial charge on any atom is 0.161 e. The van der Waals surface area contributed by atoms with E-state index in [9.17, 15) is 0 Å². The van der Waals surface area contributed by atoms with E-state index in [-0.39, 0.29) is 0 Å². The summed E-state index contributed by atoms with van der Waals surface area (Å²) in [5, 5.41) is 3.44. The van der Waals surface area contributed by atoms with Crippen molar-refractivity contribution in [1.29, 1.82) is 0 Å². The second-order valence-electron chi connectivity index (χ2n) is 9.11. The Morgan fingerprint density at radius 3 is 2.75 bits per heavy atom. The molecule has 2 saturated heterocycles. The predicted molar refractivity (Wildman–Crippen MR) is 128 cm³/mol. The summed E-state index contributed by atoms with van der Waals surface area (Å²) in [6.07, 6.45) is 11.1. The molecule has 174 valence electrons. The van der Waals surface area contributed by atoms with Crippen molar-refractivity contribution in [2.24, 2.45) is 5.92 Å². The van der Waals surface area contributed by atoms with Gasteiger partial charge in [-0.05, 0) is 101 Å². The van der Waals surface area contributed by atoms with Crippen molar-refractivity contribution >= 4 is 0 Å². The number of aromatic nitrogens is 2. The fourth-order valence-electron chi connectivity index (χ4n) is 4.79. The van der Waals surface area contributed by atoms with Crippen molar-refractivity contribution in [3.8, 4) is 11.5 Å². The molecule has 32 heavy (non-hydrogen) atoms. The lowest BCUT2D eigenvalue weighted by Gasteiger charge is -2.22. The summed E-state index contributed by atoms with van der Waals surface area (Å²) in [4.78, 5) is 11.9. The second kappa shape index (κ2) is 12.2. The Balaban J connectivity index is 1.31. The molecule has 0 atom stereocenters. The number of benzene rings is 1. The second-order valence-corrected chi connectivity index (χ2v) is 9.11. The van der Waals surface area contributed by atoms with Crippen molar-refractivity contribution in [2.75, 3.05) is 46.4 Å². The first-order valence-corrected chi connectivity index (χ1v) is 12.3. The Labute approximate surface area is 192 Å². The van der Waals surface area contributed by atoms with Crippen LogP contribution < -0.4 is 14.8 Å². The van der Waals surface area contributed by atoms with E-state index in [4.69, 9.17) is 14.5 Å². The molecular formula is C26H38N4O2. The van der Waals surface area contributed by atoms with Gasteiger partial charge in [0.05, 0.1) is 13.7 Å². The molecule has 1 aromatic carbocycles. The molecular weight excluding hydrogens is 400 g/mol. The lowest BCUT2D eigenvalue weighted by Crippen LogP contribution is -2.27. The highest BCUT2D eigenvalue weighted by Gasteiger charge is 2.14. The van der Waals surface area contributed by atoms with Crippen molar-refractivity contribution in [3.05, 3.63) is 47.5 Å². The van der Waals surface area contributed by atoms with Crippen LogP contribution in [0.25, 0.3) is 0 Å². The Kier molecular flexibility index (Phi) is 8.74. The van der Waals surface area contributed by atoms with Gasteiger partial charge >= 0.3 is 0 Å². The number of rotatable bonds is 11. The molecule has 0 bridgehead atoms. The zero-order chi connectivity index (χ0) is 22.0. The quantitative estimate of drug-likeness (QED) is 0.538. The highest BCUT2D eigenvalue weighted by Crippen LogP contribution is 2.29. The number of ether oxygens (including phenoxy) is 2. The van der Waals surface area contributed by atoms with Gasteiger partial charge in [-0.1, -0.05) is 6.07 Å². The first kappa shape index (κ1) is 23.0. The molecule has 1 aromatic heterocycles. The lowest BCUT2D eigenvalue weighted by molar-refractivity contribution is 0.254. The summed E-state index contributed by atoms with van der Waals surface area (Å²) in [5.74, 6) is 3.29. The average molecular weight is 439 g/mol. The van der Waals surface area contributed by atoms with Crippen molar-refractivity contribution in [2.45, 2.75) is 51.4 Å². The van der Waals surface area contributed by atoms with Crippen LogP contribution in [-0.2, 0) is 12.8 Å². The third-order valence-electron chi connectivity index (χ3n) is 6.70. The van der Waals surface area contributed by atoms with E-state index >= 15 is 0 Å². The largest absolute Gasteiger partial charge is 0.493 e. The summed E-state index contributed by atoms with van der Waals surface area (Å²) in [7, 11) is 1.70. The average Bonchev–Trinajstić information content (AvgIpc) is 3.35. The predicted octanol–water partition coefficient (Wildman–Crippen LogP) is 3.87. The van der Waals surface area contributed by atoms with Gasteiger partial charge in [0.15, 0.2) is 11.5 Å². The van der Waals surface area contributed by atoms with E-state index in [2.05, 4.69) is 33.4 Å². The minimum Gasteiger partial charge on any atom is -0.493 e. The minimum atomic E-state index is 0.704. The number of aryl methyl sites for hydroxylation is 1. The number of likely N-dealkylation sites (tertiary alicyclic amines) is 1. The lowest BCUT2D eigenvalue weighted by atomic mass is 9.92. The third kappa shape index (κ3) is 6.91. The van der Waals surface area contributed by atoms with Crippen LogP contribution >= 0.6 is 0 Å². The Morgan fingerprint density at radius 2 is 1.94 bits per heavy atom. The molecule has 0 aliphatic carbocycles. The van der Waals surface area contributed by atoms with Gasteiger partial charge in [-0.15, -0.1) is 0 Å². The zero-order valence-corrected chi connectivity index (χ0v) is 19.5. The molecule has 2 aliphatic heterocycles. The maximum absolute atomic E-state index is 6.10. The highest BCUT2D eigenvalue weighted by molar-refractivity contribution is 5.43. The molecule has 0 spiro atoms. The topological polar surface area (TPSA) is 59.5 Å². The Hall–Kier alpha value is -2.18. The van der Waals surface area contributed by atoms with Crippen LogP contribution in [-0.4, -0.2) is 61.3 Å². The fraction of sp³-hybridized carbons (Fsp3) is 0.615. The first-order chi connectivity index (χ1) is 15.8. The maximum atomic E-state index is 6.10. The zero-order valence-electron chi connectivity index (χ0n) is 19.5. The Morgan fingerprint density at radius 1 is 1.09 bits per heavy atom. The monoisotopic (exact) mass is 438 g/mol. The van der Waals surface area contributed by atoms with Gasteiger partial charge in [0.2, 0.25) is 0 Å². The van der Waals surface area contributed by atoms with E-state index < -0.39 is 0 Å². The molecule has 2 aliphatic rings. The van der Waals surface area contributed by atoms with Crippen molar-refractivity contribution < 1.29 is 9.47 Å². The number of nitrogens with one attached hydrogen (secondary N) is 1. The van der Waals surface area contributed by atoms with Crippen molar-refractivity contribution in [1.82, 2.24) is 20.2 Å². The summed E-state index contributed by atoms with van der Waals surface area (Å²) in [6.45, 7) is 6.59. The molecule has 0 amide bonds. The van der Waals surface area contributed by atoms with Crippen LogP contribution in [0.4, 0.5) is 0 Å². The first-order valence-electron chi connectivity index (χ1n) is 12.3. The molecule has 0 saturated carbocycles. The van der Waals surface area contributed by atoms with Gasteiger partial charge in [-0.25, -0.2) is 9.97 Å². The van der Waals surface area contributed by atoms with Crippen LogP contribution in [0, 0.1) is 5.92 Å². The van der Waals surface area contributed by atoms with E-state index in [1.165, 1.54) is 45.2 Å². The third-order valence-corrected chi connectivity index (χ3v) is 6.70. The van der Waals surface area contributed by atoms with Crippen LogP contribution in [0.2, 0.25) is 0 Å². The number of piperidine rings is 1. The van der Waals surface area contributed by atoms with Crippen LogP contribution in [0.5, 0.6) is 11.5 Å². The molecule has 3 heterocycles. The summed E-state index contributed by atoms with van der Waals surface area (Å²) < 4.78 is 11.6. The smallest absolute Gasteiger partial charge is 0.161 e. The minimum absolute atomic E-state index is 0.704. The van der Waals surface area contributed by atoms with E-state index in [1.807, 2.05) is 12.3 Å². The van der Waals surface area contributed by atoms with Gasteiger partial charge in [0, 0.05) is 24.9 Å². The van der Waals surface area contributed by atoms with Gasteiger partial charge in [-0.3, -0.25) is 0 Å². The van der Waals surface area contributed by atoms with Crippen molar-refractivity contribution in [3.63, 3.8) is 0 Å². The number of hydrogen-bond acceptors (Lipinski definition) is 6. The fourth-order valence-corrected chi connectivity index (χ4v) is 4.79. The van der Waals surface area contributed by atoms with Gasteiger partial charge in [-0.2, -0.15) is 0 Å². The van der Waals surface area contributed by atoms with E-state index in [0.717, 1.165) is 67.0 Å². The number of methoxy groups -OCH3 is 1. The molecule has 0 radical (unpaired) electrons. The number of nitrogens with zero attached hydrogens (tertiary/aromatic N) is 3.